The van der Waals surface area contributed by atoms with Gasteiger partial charge in [0.2, 0.25) is 0 Å². The summed E-state index contributed by atoms with van der Waals surface area (Å²) >= 11 is 0. The first-order chi connectivity index (χ1) is 10.2. The molecule has 5 nitrogen and oxygen atoms in total. The number of aromatic nitrogens is 1. The van der Waals surface area contributed by atoms with Gasteiger partial charge >= 0.3 is 0 Å². The Kier molecular flexibility index (Phi) is 4.10. The van der Waals surface area contributed by atoms with Crippen molar-refractivity contribution in [3.05, 3.63) is 22.9 Å². The largest absolute Gasteiger partial charge is 0.396 e. The maximum atomic E-state index is 9.30. The molecular formula is C16H24N4O. The van der Waals surface area contributed by atoms with Crippen LogP contribution < -0.4 is 10.6 Å². The summed E-state index contributed by atoms with van der Waals surface area (Å²) in [5, 5.41) is 17.2. The number of anilines is 1. The molecule has 1 fully saturated rings. The van der Waals surface area contributed by atoms with Gasteiger partial charge in [-0.2, -0.15) is 0 Å². The topological polar surface area (TPSA) is 86.2 Å². The van der Waals surface area contributed by atoms with E-state index < -0.39 is 0 Å². The molecule has 2 heterocycles. The lowest BCUT2D eigenvalue weighted by Crippen LogP contribution is -2.42. The van der Waals surface area contributed by atoms with Gasteiger partial charge in [0.1, 0.15) is 11.7 Å². The van der Waals surface area contributed by atoms with Gasteiger partial charge in [-0.3, -0.25) is 5.41 Å². The van der Waals surface area contributed by atoms with Crippen molar-refractivity contribution >= 4 is 11.7 Å². The van der Waals surface area contributed by atoms with E-state index in [1.807, 2.05) is 0 Å². The molecule has 0 bridgehead atoms. The van der Waals surface area contributed by atoms with Crippen molar-refractivity contribution in [2.75, 3.05) is 18.1 Å². The number of nitrogens with zero attached hydrogens (tertiary/aromatic N) is 2. The van der Waals surface area contributed by atoms with Gasteiger partial charge in [-0.05, 0) is 56.6 Å². The first-order valence-corrected chi connectivity index (χ1v) is 7.95. The molecule has 0 radical (unpaired) electrons. The molecule has 114 valence electrons. The molecule has 1 saturated heterocycles. The van der Waals surface area contributed by atoms with Crippen molar-refractivity contribution in [1.29, 1.82) is 5.41 Å². The predicted octanol–water partition coefficient (Wildman–Crippen LogP) is 1.60. The molecule has 1 aliphatic carbocycles. The van der Waals surface area contributed by atoms with Crippen LogP contribution in [0.4, 0.5) is 5.82 Å². The summed E-state index contributed by atoms with van der Waals surface area (Å²) in [4.78, 5) is 7.13. The van der Waals surface area contributed by atoms with E-state index in [-0.39, 0.29) is 12.4 Å². The number of aliphatic hydroxyl groups excluding tert-OH is 1. The second kappa shape index (κ2) is 6.02. The molecule has 0 amide bonds. The fourth-order valence-corrected chi connectivity index (χ4v) is 3.61. The highest BCUT2D eigenvalue weighted by molar-refractivity contribution is 6.00. The molecule has 2 aliphatic rings. The summed E-state index contributed by atoms with van der Waals surface area (Å²) in [6.07, 6.45) is 7.39. The molecule has 1 aliphatic heterocycles. The number of nitrogens with two attached hydrogens (primary N) is 1. The second-order valence-electron chi connectivity index (χ2n) is 6.09. The van der Waals surface area contributed by atoms with Gasteiger partial charge in [-0.15, -0.1) is 0 Å². The number of piperidine rings is 1. The summed E-state index contributed by atoms with van der Waals surface area (Å²) in [7, 11) is 0. The predicted molar refractivity (Wildman–Crippen MR) is 84.0 cm³/mol. The summed E-state index contributed by atoms with van der Waals surface area (Å²) in [5.74, 6) is 0.960. The molecule has 1 atom stereocenters. The maximum absolute atomic E-state index is 9.30. The molecule has 0 spiro atoms. The third kappa shape index (κ3) is 2.75. The molecular weight excluding hydrogens is 264 g/mol. The van der Waals surface area contributed by atoms with Crippen LogP contribution in [0.15, 0.2) is 6.07 Å². The molecule has 21 heavy (non-hydrogen) atoms. The Bertz CT molecular complexity index is 541. The lowest BCUT2D eigenvalue weighted by atomic mass is 9.98. The van der Waals surface area contributed by atoms with E-state index in [1.54, 1.807) is 0 Å². The Hall–Kier alpha value is -1.62. The zero-order chi connectivity index (χ0) is 14.8. The fourth-order valence-electron chi connectivity index (χ4n) is 3.61. The zero-order valence-corrected chi connectivity index (χ0v) is 12.4. The van der Waals surface area contributed by atoms with Crippen LogP contribution in [0.3, 0.4) is 0 Å². The number of aliphatic hydroxyl groups is 1. The van der Waals surface area contributed by atoms with E-state index in [2.05, 4.69) is 11.0 Å². The first kappa shape index (κ1) is 14.3. The van der Waals surface area contributed by atoms with Crippen molar-refractivity contribution in [2.24, 2.45) is 5.73 Å². The molecule has 5 heteroatoms. The summed E-state index contributed by atoms with van der Waals surface area (Å²) in [6, 6.07) is 2.38. The monoisotopic (exact) mass is 288 g/mol. The number of hydrogen-bond donors (Lipinski definition) is 3. The summed E-state index contributed by atoms with van der Waals surface area (Å²) in [5.41, 5.74) is 8.99. The molecule has 1 aromatic heterocycles. The minimum Gasteiger partial charge on any atom is -0.396 e. The smallest absolute Gasteiger partial charge is 0.140 e. The summed E-state index contributed by atoms with van der Waals surface area (Å²) < 4.78 is 0. The Balaban J connectivity index is 2.00. The standard InChI is InChI=1S/C16H24N4O/c17-15(18)13-10-11-4-3-6-14(11)19-16(13)20-8-2-1-5-12(20)7-9-21/h10,12,21H,1-9H2,(H3,17,18). The zero-order valence-electron chi connectivity index (χ0n) is 12.4. The number of pyridine rings is 1. The van der Waals surface area contributed by atoms with E-state index in [1.165, 1.54) is 17.7 Å². The van der Waals surface area contributed by atoms with Crippen LogP contribution in [-0.4, -0.2) is 35.1 Å². The first-order valence-electron chi connectivity index (χ1n) is 7.95. The molecule has 0 saturated carbocycles. The maximum Gasteiger partial charge on any atom is 0.140 e. The highest BCUT2D eigenvalue weighted by Crippen LogP contribution is 2.31. The van der Waals surface area contributed by atoms with Crippen molar-refractivity contribution in [3.8, 4) is 0 Å². The van der Waals surface area contributed by atoms with Crippen molar-refractivity contribution < 1.29 is 5.11 Å². The fraction of sp³-hybridized carbons (Fsp3) is 0.625. The van der Waals surface area contributed by atoms with Gasteiger partial charge in [0.25, 0.3) is 0 Å². The van der Waals surface area contributed by atoms with Gasteiger partial charge < -0.3 is 15.7 Å². The highest BCUT2D eigenvalue weighted by atomic mass is 16.3. The minimum atomic E-state index is 0.0977. The van der Waals surface area contributed by atoms with Crippen LogP contribution in [0, 0.1) is 5.41 Å². The van der Waals surface area contributed by atoms with Gasteiger partial charge in [-0.1, -0.05) is 0 Å². The lowest BCUT2D eigenvalue weighted by Gasteiger charge is -2.37. The number of nitrogens with one attached hydrogen (secondary N) is 1. The van der Waals surface area contributed by atoms with Crippen molar-refractivity contribution in [3.63, 3.8) is 0 Å². The Labute approximate surface area is 125 Å². The van der Waals surface area contributed by atoms with Gasteiger partial charge in [0.15, 0.2) is 0 Å². The van der Waals surface area contributed by atoms with E-state index in [4.69, 9.17) is 16.1 Å². The average Bonchev–Trinajstić information content (AvgIpc) is 2.94. The summed E-state index contributed by atoms with van der Waals surface area (Å²) in [6.45, 7) is 1.14. The molecule has 0 aromatic carbocycles. The van der Waals surface area contributed by atoms with Crippen molar-refractivity contribution in [2.45, 2.75) is 51.0 Å². The van der Waals surface area contributed by atoms with Crippen LogP contribution in [0.25, 0.3) is 0 Å². The van der Waals surface area contributed by atoms with E-state index in [9.17, 15) is 5.11 Å². The molecule has 1 unspecified atom stereocenters. The highest BCUT2D eigenvalue weighted by Gasteiger charge is 2.27. The van der Waals surface area contributed by atoms with E-state index >= 15 is 0 Å². The van der Waals surface area contributed by atoms with E-state index in [0.717, 1.165) is 56.5 Å². The third-order valence-corrected chi connectivity index (χ3v) is 4.68. The number of nitrogen functional groups attached to an aromatic ring is 1. The van der Waals surface area contributed by atoms with Gasteiger partial charge in [-0.25, -0.2) is 4.98 Å². The average molecular weight is 288 g/mol. The van der Waals surface area contributed by atoms with Crippen LogP contribution in [-0.2, 0) is 12.8 Å². The SMILES string of the molecule is N=C(N)c1cc2c(nc1N1CCCCC1CCO)CCC2. The molecule has 4 N–H and O–H groups in total. The Morgan fingerprint density at radius 3 is 3.00 bits per heavy atom. The molecule has 1 aromatic rings. The quantitative estimate of drug-likeness (QED) is 0.580. The van der Waals surface area contributed by atoms with Crippen LogP contribution in [0.5, 0.6) is 0 Å². The Morgan fingerprint density at radius 1 is 1.38 bits per heavy atom. The second-order valence-corrected chi connectivity index (χ2v) is 6.09. The number of aryl methyl sites for hydroxylation is 2. The van der Waals surface area contributed by atoms with Gasteiger partial charge in [0.05, 0.1) is 5.56 Å². The number of rotatable bonds is 4. The number of amidine groups is 1. The van der Waals surface area contributed by atoms with Crippen LogP contribution in [0.1, 0.15) is 48.9 Å². The Morgan fingerprint density at radius 2 is 2.24 bits per heavy atom. The minimum absolute atomic E-state index is 0.0977. The third-order valence-electron chi connectivity index (χ3n) is 4.68. The van der Waals surface area contributed by atoms with Gasteiger partial charge in [0, 0.05) is 24.9 Å². The van der Waals surface area contributed by atoms with Crippen LogP contribution in [0.2, 0.25) is 0 Å². The molecule has 3 rings (SSSR count). The number of fused-ring (bicyclic) bond motifs is 1. The number of hydrogen-bond acceptors (Lipinski definition) is 4. The van der Waals surface area contributed by atoms with E-state index in [0.29, 0.717) is 6.04 Å². The van der Waals surface area contributed by atoms with Crippen molar-refractivity contribution in [1.82, 2.24) is 4.98 Å². The lowest BCUT2D eigenvalue weighted by molar-refractivity contribution is 0.262. The normalized spacial score (nSPS) is 21.4. The van der Waals surface area contributed by atoms with Crippen LogP contribution >= 0.6 is 0 Å².